The minimum Gasteiger partial charge on any atom is -0.388 e. The number of hydrogen-bond donors (Lipinski definition) is 1. The third-order valence-electron chi connectivity index (χ3n) is 1.85. The van der Waals surface area contributed by atoms with Crippen LogP contribution in [0.15, 0.2) is 30.7 Å². The van der Waals surface area contributed by atoms with Crippen molar-refractivity contribution in [1.29, 1.82) is 0 Å². The molecule has 100 valence electrons. The van der Waals surface area contributed by atoms with Crippen molar-refractivity contribution in [3.8, 4) is 5.88 Å². The summed E-state index contributed by atoms with van der Waals surface area (Å²) in [4.78, 5) is 11.2. The standard InChI is InChI=1S/C10H6ClF3N4O/c11-7-4-16-8(5-15-7)18-6-1-2-9(17-3-6)19-10(12,13)14/h1-5H,(H,16,18). The summed E-state index contributed by atoms with van der Waals surface area (Å²) in [6.45, 7) is 0. The van der Waals surface area contributed by atoms with Crippen LogP contribution in [-0.2, 0) is 0 Å². The van der Waals surface area contributed by atoms with Crippen molar-refractivity contribution < 1.29 is 17.9 Å². The van der Waals surface area contributed by atoms with Gasteiger partial charge in [0.2, 0.25) is 5.88 Å². The molecule has 0 radical (unpaired) electrons. The Balaban J connectivity index is 2.04. The number of rotatable bonds is 3. The second kappa shape index (κ2) is 5.27. The minimum atomic E-state index is -4.76. The van der Waals surface area contributed by atoms with Crippen LogP contribution in [0.3, 0.4) is 0 Å². The molecule has 2 heterocycles. The molecule has 0 saturated heterocycles. The summed E-state index contributed by atoms with van der Waals surface area (Å²) in [5.74, 6) is -0.157. The summed E-state index contributed by atoms with van der Waals surface area (Å²) in [6.07, 6.45) is -0.873. The van der Waals surface area contributed by atoms with Crippen molar-refractivity contribution >= 4 is 23.1 Å². The Labute approximate surface area is 110 Å². The zero-order valence-electron chi connectivity index (χ0n) is 9.15. The Morgan fingerprint density at radius 2 is 1.84 bits per heavy atom. The van der Waals surface area contributed by atoms with Gasteiger partial charge in [0.15, 0.2) is 0 Å². The molecule has 0 spiro atoms. The first-order valence-corrected chi connectivity index (χ1v) is 5.26. The zero-order valence-corrected chi connectivity index (χ0v) is 9.90. The highest BCUT2D eigenvalue weighted by Gasteiger charge is 2.31. The van der Waals surface area contributed by atoms with Gasteiger partial charge in [0, 0.05) is 6.07 Å². The second-order valence-electron chi connectivity index (χ2n) is 3.28. The second-order valence-corrected chi connectivity index (χ2v) is 3.67. The first kappa shape index (κ1) is 13.3. The third kappa shape index (κ3) is 4.25. The molecule has 0 aliphatic carbocycles. The van der Waals surface area contributed by atoms with Crippen LogP contribution in [0.1, 0.15) is 0 Å². The molecule has 1 N–H and O–H groups in total. The molecule has 0 amide bonds. The lowest BCUT2D eigenvalue weighted by atomic mass is 10.4. The van der Waals surface area contributed by atoms with Gasteiger partial charge in [0.05, 0.1) is 24.3 Å². The largest absolute Gasteiger partial charge is 0.574 e. The van der Waals surface area contributed by atoms with E-state index in [1.807, 2.05) is 0 Å². The van der Waals surface area contributed by atoms with Crippen LogP contribution in [0.25, 0.3) is 0 Å². The number of ether oxygens (including phenoxy) is 1. The SMILES string of the molecule is FC(F)(F)Oc1ccc(Nc2cnc(Cl)cn2)cn1. The van der Waals surface area contributed by atoms with Crippen LogP contribution in [0.5, 0.6) is 5.88 Å². The summed E-state index contributed by atoms with van der Waals surface area (Å²) in [7, 11) is 0. The topological polar surface area (TPSA) is 59.9 Å². The number of nitrogens with zero attached hydrogens (tertiary/aromatic N) is 3. The predicted octanol–water partition coefficient (Wildman–Crippen LogP) is 3.17. The maximum atomic E-state index is 11.9. The Hall–Kier alpha value is -2.09. The molecule has 0 fully saturated rings. The maximum Gasteiger partial charge on any atom is 0.574 e. The quantitative estimate of drug-likeness (QED) is 0.941. The fourth-order valence-electron chi connectivity index (χ4n) is 1.16. The molecule has 19 heavy (non-hydrogen) atoms. The number of alkyl halides is 3. The predicted molar refractivity (Wildman–Crippen MR) is 61.2 cm³/mol. The van der Waals surface area contributed by atoms with Crippen LogP contribution in [0, 0.1) is 0 Å². The summed E-state index contributed by atoms with van der Waals surface area (Å²) in [6, 6.07) is 2.45. The molecule has 0 saturated carbocycles. The number of anilines is 2. The fraction of sp³-hybridized carbons (Fsp3) is 0.100. The zero-order chi connectivity index (χ0) is 13.9. The summed E-state index contributed by atoms with van der Waals surface area (Å²) in [5.41, 5.74) is 0.436. The van der Waals surface area contributed by atoms with Gasteiger partial charge in [-0.1, -0.05) is 11.6 Å². The van der Waals surface area contributed by atoms with E-state index in [4.69, 9.17) is 11.6 Å². The molecule has 2 aromatic heterocycles. The van der Waals surface area contributed by atoms with E-state index >= 15 is 0 Å². The number of pyridine rings is 1. The highest BCUT2D eigenvalue weighted by atomic mass is 35.5. The van der Waals surface area contributed by atoms with Gasteiger partial charge in [-0.2, -0.15) is 0 Å². The average molecular weight is 291 g/mol. The van der Waals surface area contributed by atoms with Gasteiger partial charge in [-0.05, 0) is 6.07 Å². The van der Waals surface area contributed by atoms with E-state index in [1.165, 1.54) is 24.7 Å². The van der Waals surface area contributed by atoms with Crippen molar-refractivity contribution in [2.75, 3.05) is 5.32 Å². The van der Waals surface area contributed by atoms with Crippen LogP contribution >= 0.6 is 11.6 Å². The van der Waals surface area contributed by atoms with E-state index in [2.05, 4.69) is 25.0 Å². The van der Waals surface area contributed by atoms with E-state index < -0.39 is 12.2 Å². The summed E-state index contributed by atoms with van der Waals surface area (Å²) in [5, 5.41) is 3.02. The molecule has 0 unspecified atom stereocenters. The van der Waals surface area contributed by atoms with Gasteiger partial charge in [-0.15, -0.1) is 13.2 Å². The molecular weight excluding hydrogens is 285 g/mol. The number of nitrogens with one attached hydrogen (secondary N) is 1. The molecule has 9 heteroatoms. The van der Waals surface area contributed by atoms with Gasteiger partial charge < -0.3 is 10.1 Å². The molecule has 0 aromatic carbocycles. The van der Waals surface area contributed by atoms with Gasteiger partial charge in [0.25, 0.3) is 0 Å². The third-order valence-corrected chi connectivity index (χ3v) is 2.04. The molecule has 5 nitrogen and oxygen atoms in total. The maximum absolute atomic E-state index is 11.9. The lowest BCUT2D eigenvalue weighted by molar-refractivity contribution is -0.276. The first-order chi connectivity index (χ1) is 8.92. The summed E-state index contributed by atoms with van der Waals surface area (Å²) < 4.78 is 39.4. The van der Waals surface area contributed by atoms with Crippen LogP contribution < -0.4 is 10.1 Å². The Kier molecular flexibility index (Phi) is 3.70. The molecule has 2 aromatic rings. The lowest BCUT2D eigenvalue weighted by Gasteiger charge is -2.08. The first-order valence-electron chi connectivity index (χ1n) is 4.89. The molecule has 0 aliphatic rings. The Morgan fingerprint density at radius 3 is 2.37 bits per heavy atom. The van der Waals surface area contributed by atoms with Gasteiger partial charge in [-0.25, -0.2) is 15.0 Å². The van der Waals surface area contributed by atoms with Crippen molar-refractivity contribution in [2.24, 2.45) is 0 Å². The molecule has 0 aliphatic heterocycles. The molecule has 2 rings (SSSR count). The van der Waals surface area contributed by atoms with Crippen molar-refractivity contribution in [2.45, 2.75) is 6.36 Å². The van der Waals surface area contributed by atoms with E-state index in [0.717, 1.165) is 6.07 Å². The van der Waals surface area contributed by atoms with E-state index in [1.54, 1.807) is 0 Å². The van der Waals surface area contributed by atoms with Gasteiger partial charge in [0.1, 0.15) is 11.0 Å². The highest BCUT2D eigenvalue weighted by molar-refractivity contribution is 6.29. The summed E-state index contributed by atoms with van der Waals surface area (Å²) >= 11 is 5.56. The van der Waals surface area contributed by atoms with Crippen molar-refractivity contribution in [3.05, 3.63) is 35.9 Å². The van der Waals surface area contributed by atoms with Crippen LogP contribution in [0.4, 0.5) is 24.7 Å². The highest BCUT2D eigenvalue weighted by Crippen LogP contribution is 2.22. The van der Waals surface area contributed by atoms with E-state index in [9.17, 15) is 13.2 Å². The normalized spacial score (nSPS) is 11.2. The van der Waals surface area contributed by atoms with Crippen LogP contribution in [0.2, 0.25) is 5.15 Å². The van der Waals surface area contributed by atoms with E-state index in [0.29, 0.717) is 11.5 Å². The number of halogens is 4. The lowest BCUT2D eigenvalue weighted by Crippen LogP contribution is -2.17. The smallest absolute Gasteiger partial charge is 0.388 e. The molecule has 0 atom stereocenters. The molecular formula is C10H6ClF3N4O. The number of hydrogen-bond acceptors (Lipinski definition) is 5. The monoisotopic (exact) mass is 290 g/mol. The minimum absolute atomic E-state index is 0.234. The number of aromatic nitrogens is 3. The van der Waals surface area contributed by atoms with E-state index in [-0.39, 0.29) is 5.15 Å². The Morgan fingerprint density at radius 1 is 1.05 bits per heavy atom. The van der Waals surface area contributed by atoms with Crippen molar-refractivity contribution in [3.63, 3.8) is 0 Å². The van der Waals surface area contributed by atoms with Gasteiger partial charge in [-0.3, -0.25) is 0 Å². The average Bonchev–Trinajstić information content (AvgIpc) is 2.33. The van der Waals surface area contributed by atoms with Crippen molar-refractivity contribution in [1.82, 2.24) is 15.0 Å². The van der Waals surface area contributed by atoms with Crippen LogP contribution in [-0.4, -0.2) is 21.3 Å². The molecule has 0 bridgehead atoms. The Bertz CT molecular complexity index is 544. The van der Waals surface area contributed by atoms with Gasteiger partial charge >= 0.3 is 6.36 Å². The fourth-order valence-corrected chi connectivity index (χ4v) is 1.26.